The van der Waals surface area contributed by atoms with E-state index in [9.17, 15) is 11.8 Å². The summed E-state index contributed by atoms with van der Waals surface area (Å²) >= 11 is 0. The predicted molar refractivity (Wildman–Crippen MR) is 254 cm³/mol. The molecule has 11 rings (SSSR count). The predicted octanol–water partition coefficient (Wildman–Crippen LogP) is 14.9. The summed E-state index contributed by atoms with van der Waals surface area (Å²) in [6.45, 7) is 22.1. The van der Waals surface area contributed by atoms with Gasteiger partial charge in [-0.05, 0) is 120 Å². The Balaban J connectivity index is 1.51. The Bertz CT molecular complexity index is 3440. The van der Waals surface area contributed by atoms with Gasteiger partial charge in [-0.15, -0.1) is 0 Å². The Morgan fingerprint density at radius 2 is 0.721 bits per heavy atom. The molecule has 0 spiro atoms. The Kier molecular flexibility index (Phi) is 7.92. The van der Waals surface area contributed by atoms with Crippen LogP contribution in [0, 0.1) is 59.4 Å². The Labute approximate surface area is 354 Å². The molecule has 0 fully saturated rings. The van der Waals surface area contributed by atoms with Crippen molar-refractivity contribution in [1.82, 2.24) is 13.7 Å². The molecule has 61 heavy (non-hydrogen) atoms. The number of nitrogens with zero attached hydrogens (tertiary/aromatic N) is 5. The van der Waals surface area contributed by atoms with Gasteiger partial charge in [0, 0.05) is 37.9 Å². The van der Waals surface area contributed by atoms with E-state index in [0.717, 1.165) is 121 Å². The average Bonchev–Trinajstić information content (AvgIpc) is 3.86. The SMILES string of the molecule is [C-]#[N+]c1c(-c2ccccc2)c(C#N)c(-n2c3ccc(C)cc3c3cc(C)ccc32)c(-n2c3ccc(C)cc3c3cc(C)ccc32)c1-n1c2ccc(C)cc2c2cc(C)ccc21. The molecule has 0 aliphatic rings. The van der Waals surface area contributed by atoms with Gasteiger partial charge in [-0.1, -0.05) is 100 Å². The molecule has 0 aliphatic carbocycles. The van der Waals surface area contributed by atoms with Crippen LogP contribution in [0.3, 0.4) is 0 Å². The Morgan fingerprint density at radius 3 is 1.03 bits per heavy atom. The fraction of sp³-hybridized carbons (Fsp3) is 0.107. The number of rotatable bonds is 4. The third-order valence-corrected chi connectivity index (χ3v) is 12.6. The second-order valence-electron chi connectivity index (χ2n) is 16.9. The van der Waals surface area contributed by atoms with Crippen molar-refractivity contribution in [3.05, 3.63) is 190 Å². The molecule has 5 nitrogen and oxygen atoms in total. The van der Waals surface area contributed by atoms with Gasteiger partial charge in [-0.3, -0.25) is 0 Å². The summed E-state index contributed by atoms with van der Waals surface area (Å²) in [5.41, 5.74) is 17.4. The number of benzene rings is 8. The number of hydrogen-bond acceptors (Lipinski definition) is 1. The molecular formula is C56H41N5. The van der Waals surface area contributed by atoms with Crippen LogP contribution in [-0.2, 0) is 0 Å². The molecule has 0 saturated carbocycles. The zero-order valence-electron chi connectivity index (χ0n) is 35.0. The van der Waals surface area contributed by atoms with Crippen LogP contribution in [0.25, 0.3) is 98.5 Å². The second-order valence-corrected chi connectivity index (χ2v) is 16.9. The van der Waals surface area contributed by atoms with Crippen LogP contribution in [0.15, 0.2) is 140 Å². The van der Waals surface area contributed by atoms with Crippen molar-refractivity contribution in [2.24, 2.45) is 0 Å². The minimum Gasteiger partial charge on any atom is -0.317 e. The summed E-state index contributed by atoms with van der Waals surface area (Å²) in [4.78, 5) is 4.54. The highest BCUT2D eigenvalue weighted by atomic mass is 15.1. The number of aromatic nitrogens is 3. The van der Waals surface area contributed by atoms with Gasteiger partial charge in [-0.25, -0.2) is 4.85 Å². The van der Waals surface area contributed by atoms with E-state index in [1.165, 1.54) is 0 Å². The largest absolute Gasteiger partial charge is 0.317 e. The maximum atomic E-state index is 11.9. The number of fused-ring (bicyclic) bond motifs is 9. The molecule has 0 unspecified atom stereocenters. The lowest BCUT2D eigenvalue weighted by molar-refractivity contribution is 1.05. The molecular weight excluding hydrogens is 743 g/mol. The van der Waals surface area contributed by atoms with E-state index in [1.54, 1.807) is 0 Å². The summed E-state index contributed by atoms with van der Waals surface area (Å²) in [7, 11) is 0. The fourth-order valence-corrected chi connectivity index (χ4v) is 9.92. The third-order valence-electron chi connectivity index (χ3n) is 12.6. The first-order valence-corrected chi connectivity index (χ1v) is 20.8. The van der Waals surface area contributed by atoms with E-state index < -0.39 is 0 Å². The summed E-state index contributed by atoms with van der Waals surface area (Å²) in [6, 6.07) is 52.6. The quantitative estimate of drug-likeness (QED) is 0.164. The first-order chi connectivity index (χ1) is 29.6. The topological polar surface area (TPSA) is 42.9 Å². The van der Waals surface area contributed by atoms with Crippen LogP contribution >= 0.6 is 0 Å². The van der Waals surface area contributed by atoms with E-state index in [1.807, 2.05) is 30.3 Å². The maximum Gasteiger partial charge on any atom is 0.221 e. The van der Waals surface area contributed by atoms with Crippen molar-refractivity contribution >= 4 is 71.1 Å². The van der Waals surface area contributed by atoms with Gasteiger partial charge < -0.3 is 13.7 Å². The lowest BCUT2D eigenvalue weighted by Crippen LogP contribution is -2.13. The first kappa shape index (κ1) is 36.2. The smallest absolute Gasteiger partial charge is 0.221 e. The molecule has 0 aliphatic heterocycles. The van der Waals surface area contributed by atoms with Crippen LogP contribution < -0.4 is 0 Å². The van der Waals surface area contributed by atoms with Crippen molar-refractivity contribution in [2.75, 3.05) is 0 Å². The zero-order chi connectivity index (χ0) is 41.8. The lowest BCUT2D eigenvalue weighted by atomic mass is 9.93. The van der Waals surface area contributed by atoms with Gasteiger partial charge in [0.25, 0.3) is 0 Å². The fourth-order valence-electron chi connectivity index (χ4n) is 9.92. The highest BCUT2D eigenvalue weighted by Crippen LogP contribution is 2.52. The van der Waals surface area contributed by atoms with Gasteiger partial charge in [0.1, 0.15) is 6.07 Å². The highest BCUT2D eigenvalue weighted by molar-refractivity contribution is 6.16. The molecule has 0 radical (unpaired) electrons. The van der Waals surface area contributed by atoms with Crippen LogP contribution in [0.4, 0.5) is 5.69 Å². The van der Waals surface area contributed by atoms with Crippen molar-refractivity contribution < 1.29 is 0 Å². The molecule has 290 valence electrons. The molecule has 8 aromatic carbocycles. The standard InChI is InChI=1S/C56H41N5/c1-32-13-19-46-39(25-32)40-26-33(2)14-20-47(40)59(46)54-45(31-57)52(38-11-9-8-10-12-38)53(58-7)55(60-48-21-15-34(3)27-41(48)42-28-35(4)16-22-49(42)60)56(54)61-50-23-17-36(5)29-43(50)44-30-37(6)18-24-51(44)61/h8-30H,1-6H3. The van der Waals surface area contributed by atoms with Gasteiger partial charge in [0.15, 0.2) is 0 Å². The first-order valence-electron chi connectivity index (χ1n) is 20.8. The van der Waals surface area contributed by atoms with Crippen molar-refractivity contribution in [3.63, 3.8) is 0 Å². The second kappa shape index (κ2) is 13.3. The molecule has 0 saturated heterocycles. The van der Waals surface area contributed by atoms with Crippen molar-refractivity contribution in [1.29, 1.82) is 5.26 Å². The molecule has 0 N–H and O–H groups in total. The molecule has 0 amide bonds. The minimum atomic E-state index is 0.420. The van der Waals surface area contributed by atoms with Gasteiger partial charge in [0.05, 0.1) is 62.3 Å². The number of aryl methyl sites for hydroxylation is 6. The van der Waals surface area contributed by atoms with Gasteiger partial charge in [0.2, 0.25) is 5.69 Å². The molecule has 0 atom stereocenters. The lowest BCUT2D eigenvalue weighted by Gasteiger charge is -2.27. The van der Waals surface area contributed by atoms with E-state index in [2.05, 4.69) is 175 Å². The normalized spacial score (nSPS) is 11.7. The van der Waals surface area contributed by atoms with E-state index in [-0.39, 0.29) is 0 Å². The summed E-state index contributed by atoms with van der Waals surface area (Å²) in [5.74, 6) is 0. The van der Waals surface area contributed by atoms with E-state index in [0.29, 0.717) is 16.8 Å². The summed E-state index contributed by atoms with van der Waals surface area (Å²) < 4.78 is 6.97. The highest BCUT2D eigenvalue weighted by Gasteiger charge is 2.33. The number of hydrogen-bond donors (Lipinski definition) is 0. The van der Waals surface area contributed by atoms with Crippen LogP contribution in [0.2, 0.25) is 0 Å². The molecule has 3 aromatic heterocycles. The number of nitriles is 1. The van der Waals surface area contributed by atoms with Crippen molar-refractivity contribution in [2.45, 2.75) is 41.5 Å². The molecule has 3 heterocycles. The third kappa shape index (κ3) is 5.24. The minimum absolute atomic E-state index is 0.420. The maximum absolute atomic E-state index is 11.9. The summed E-state index contributed by atoms with van der Waals surface area (Å²) in [6.07, 6.45) is 0. The van der Waals surface area contributed by atoms with E-state index in [4.69, 9.17) is 0 Å². The molecule has 11 aromatic rings. The zero-order valence-corrected chi connectivity index (χ0v) is 35.0. The van der Waals surface area contributed by atoms with Gasteiger partial charge in [-0.2, -0.15) is 5.26 Å². The average molecular weight is 784 g/mol. The van der Waals surface area contributed by atoms with Gasteiger partial charge >= 0.3 is 0 Å². The molecule has 0 bridgehead atoms. The summed E-state index contributed by atoms with van der Waals surface area (Å²) in [5, 5.41) is 18.6. The van der Waals surface area contributed by atoms with Crippen LogP contribution in [0.5, 0.6) is 0 Å². The Hall–Kier alpha value is -7.86. The van der Waals surface area contributed by atoms with Crippen molar-refractivity contribution in [3.8, 4) is 34.3 Å². The molecule has 5 heteroatoms. The monoisotopic (exact) mass is 783 g/mol. The van der Waals surface area contributed by atoms with E-state index >= 15 is 0 Å². The van der Waals surface area contributed by atoms with Crippen LogP contribution in [0.1, 0.15) is 38.9 Å². The van der Waals surface area contributed by atoms with Crippen LogP contribution in [-0.4, -0.2) is 13.7 Å². The Morgan fingerprint density at radius 1 is 0.410 bits per heavy atom.